The van der Waals surface area contributed by atoms with E-state index in [1.54, 1.807) is 31.4 Å². The molecule has 7 nitrogen and oxygen atoms in total. The third kappa shape index (κ3) is 3.20. The Balaban J connectivity index is 2.23. The molecule has 0 saturated carbocycles. The van der Waals surface area contributed by atoms with Gasteiger partial charge in [-0.2, -0.15) is 0 Å². The smallest absolute Gasteiger partial charge is 0.325 e. The van der Waals surface area contributed by atoms with Crippen LogP contribution in [0.25, 0.3) is 0 Å². The molecule has 7 heteroatoms. The number of carbonyl (C=O) groups excluding carboxylic acids is 3. The zero-order chi connectivity index (χ0) is 17.7. The number of benzene rings is 1. The Morgan fingerprint density at radius 1 is 1.25 bits per heavy atom. The van der Waals surface area contributed by atoms with Crippen LogP contribution in [0.15, 0.2) is 24.3 Å². The van der Waals surface area contributed by atoms with Gasteiger partial charge in [-0.3, -0.25) is 14.5 Å². The highest BCUT2D eigenvalue weighted by Gasteiger charge is 2.51. The first kappa shape index (κ1) is 17.8. The van der Waals surface area contributed by atoms with Crippen molar-refractivity contribution in [3.8, 4) is 5.75 Å². The Kier molecular flexibility index (Phi) is 5.43. The number of rotatable bonds is 7. The van der Waals surface area contributed by atoms with Gasteiger partial charge in [0.05, 0.1) is 7.11 Å². The highest BCUT2D eigenvalue weighted by molar-refractivity contribution is 6.09. The van der Waals surface area contributed by atoms with Crippen LogP contribution in [0.3, 0.4) is 0 Å². The second-order valence-corrected chi connectivity index (χ2v) is 5.66. The number of imide groups is 1. The van der Waals surface area contributed by atoms with Gasteiger partial charge in [0, 0.05) is 6.54 Å². The molecular weight excluding hydrogens is 310 g/mol. The minimum absolute atomic E-state index is 0.275. The quantitative estimate of drug-likeness (QED) is 0.738. The normalized spacial score (nSPS) is 20.0. The molecule has 0 radical (unpaired) electrons. The molecule has 130 valence electrons. The van der Waals surface area contributed by atoms with Gasteiger partial charge in [-0.1, -0.05) is 26.0 Å². The van der Waals surface area contributed by atoms with Crippen molar-refractivity contribution in [3.05, 3.63) is 29.8 Å². The summed E-state index contributed by atoms with van der Waals surface area (Å²) in [5.41, 5.74) is -0.477. The van der Waals surface area contributed by atoms with Crippen LogP contribution in [0.4, 0.5) is 4.79 Å². The molecule has 1 heterocycles. The van der Waals surface area contributed by atoms with E-state index in [4.69, 9.17) is 4.74 Å². The number of ether oxygens (including phenoxy) is 1. The summed E-state index contributed by atoms with van der Waals surface area (Å²) in [4.78, 5) is 38.0. The molecule has 24 heavy (non-hydrogen) atoms. The zero-order valence-electron chi connectivity index (χ0n) is 14.2. The van der Waals surface area contributed by atoms with Gasteiger partial charge in [0.15, 0.2) is 0 Å². The fourth-order valence-electron chi connectivity index (χ4n) is 2.75. The van der Waals surface area contributed by atoms with E-state index in [0.29, 0.717) is 24.3 Å². The lowest BCUT2D eigenvalue weighted by atomic mass is 9.87. The fourth-order valence-corrected chi connectivity index (χ4v) is 2.75. The van der Waals surface area contributed by atoms with Crippen LogP contribution in [0, 0.1) is 0 Å². The van der Waals surface area contributed by atoms with E-state index in [1.807, 2.05) is 13.8 Å². The summed E-state index contributed by atoms with van der Waals surface area (Å²) in [6.45, 7) is 3.99. The van der Waals surface area contributed by atoms with E-state index in [0.717, 1.165) is 11.3 Å². The number of hydrogen-bond donors (Lipinski definition) is 2. The van der Waals surface area contributed by atoms with Crippen molar-refractivity contribution >= 4 is 17.8 Å². The van der Waals surface area contributed by atoms with Crippen LogP contribution >= 0.6 is 0 Å². The van der Waals surface area contributed by atoms with E-state index in [-0.39, 0.29) is 12.5 Å². The van der Waals surface area contributed by atoms with Gasteiger partial charge in [0.2, 0.25) is 5.91 Å². The molecule has 0 aromatic heterocycles. The summed E-state index contributed by atoms with van der Waals surface area (Å²) in [5.74, 6) is -0.0913. The summed E-state index contributed by atoms with van der Waals surface area (Å²) in [7, 11) is 1.56. The molecule has 0 bridgehead atoms. The molecule has 1 aromatic rings. The van der Waals surface area contributed by atoms with E-state index in [2.05, 4.69) is 10.6 Å². The lowest BCUT2D eigenvalue weighted by molar-refractivity contribution is -0.135. The fraction of sp³-hybridized carbons (Fsp3) is 0.471. The number of nitrogens with one attached hydrogen (secondary N) is 2. The molecule has 1 aromatic carbocycles. The Hall–Kier alpha value is -2.57. The Labute approximate surface area is 141 Å². The number of hydrogen-bond acceptors (Lipinski definition) is 4. The average molecular weight is 333 g/mol. The van der Waals surface area contributed by atoms with E-state index in [9.17, 15) is 14.4 Å². The van der Waals surface area contributed by atoms with Crippen LogP contribution in [-0.4, -0.2) is 42.9 Å². The number of methoxy groups -OCH3 is 1. The van der Waals surface area contributed by atoms with Crippen molar-refractivity contribution < 1.29 is 19.1 Å². The summed E-state index contributed by atoms with van der Waals surface area (Å²) in [5, 5.41) is 5.42. The minimum atomic E-state index is -1.14. The third-order valence-corrected chi connectivity index (χ3v) is 4.16. The van der Waals surface area contributed by atoms with Crippen LogP contribution in [0.5, 0.6) is 5.75 Å². The topological polar surface area (TPSA) is 87.7 Å². The molecule has 0 spiro atoms. The Morgan fingerprint density at radius 3 is 2.46 bits per heavy atom. The molecule has 2 N–H and O–H groups in total. The third-order valence-electron chi connectivity index (χ3n) is 4.16. The first-order valence-electron chi connectivity index (χ1n) is 8.03. The van der Waals surface area contributed by atoms with Gasteiger partial charge in [0.1, 0.15) is 17.8 Å². The van der Waals surface area contributed by atoms with Crippen LogP contribution < -0.4 is 15.4 Å². The van der Waals surface area contributed by atoms with E-state index >= 15 is 0 Å². The first-order valence-corrected chi connectivity index (χ1v) is 8.03. The van der Waals surface area contributed by atoms with E-state index in [1.165, 1.54) is 0 Å². The maximum atomic E-state index is 12.9. The number of nitrogens with zero attached hydrogens (tertiary/aromatic N) is 1. The molecular formula is C17H23N3O4. The monoisotopic (exact) mass is 333 g/mol. The van der Waals surface area contributed by atoms with Crippen molar-refractivity contribution in [1.82, 2.24) is 15.5 Å². The lowest BCUT2D eigenvalue weighted by Gasteiger charge is -2.26. The van der Waals surface area contributed by atoms with Gasteiger partial charge in [-0.25, -0.2) is 4.79 Å². The highest BCUT2D eigenvalue weighted by atomic mass is 16.5. The van der Waals surface area contributed by atoms with Gasteiger partial charge >= 0.3 is 6.03 Å². The Morgan fingerprint density at radius 2 is 1.92 bits per heavy atom. The maximum absolute atomic E-state index is 12.9. The molecule has 2 rings (SSSR count). The molecule has 0 aliphatic carbocycles. The SMILES string of the molecule is CCCNC(=O)CN1C(=O)N[C@@](CC)(c2ccc(OC)cc2)C1=O. The molecule has 1 aliphatic heterocycles. The molecule has 4 amide bonds. The van der Waals surface area contributed by atoms with E-state index < -0.39 is 17.5 Å². The summed E-state index contributed by atoms with van der Waals surface area (Å²) < 4.78 is 5.12. The second kappa shape index (κ2) is 7.33. The van der Waals surface area contributed by atoms with Crippen LogP contribution in [-0.2, 0) is 15.1 Å². The largest absolute Gasteiger partial charge is 0.497 e. The summed E-state index contributed by atoms with van der Waals surface area (Å²) >= 11 is 0. The zero-order valence-corrected chi connectivity index (χ0v) is 14.2. The molecule has 1 atom stereocenters. The van der Waals surface area contributed by atoms with Crippen LogP contribution in [0.1, 0.15) is 32.3 Å². The standard InChI is InChI=1S/C17H23N3O4/c1-4-10-18-14(21)11-20-15(22)17(5-2,19-16(20)23)12-6-8-13(24-3)9-7-12/h6-9H,4-5,10-11H2,1-3H3,(H,18,21)(H,19,23)/t17-/m0/s1. The number of carbonyl (C=O) groups is 3. The van der Waals surface area contributed by atoms with Gasteiger partial charge in [-0.05, 0) is 30.5 Å². The maximum Gasteiger partial charge on any atom is 0.325 e. The molecule has 1 saturated heterocycles. The summed E-state index contributed by atoms with van der Waals surface area (Å²) in [6.07, 6.45) is 1.17. The van der Waals surface area contributed by atoms with Crippen molar-refractivity contribution in [3.63, 3.8) is 0 Å². The van der Waals surface area contributed by atoms with Crippen LogP contribution in [0.2, 0.25) is 0 Å². The predicted molar refractivity (Wildman–Crippen MR) is 88.5 cm³/mol. The van der Waals surface area contributed by atoms with Crippen molar-refractivity contribution in [1.29, 1.82) is 0 Å². The number of urea groups is 1. The van der Waals surface area contributed by atoms with Gasteiger partial charge in [0.25, 0.3) is 5.91 Å². The van der Waals surface area contributed by atoms with Gasteiger partial charge in [-0.15, -0.1) is 0 Å². The molecule has 0 unspecified atom stereocenters. The van der Waals surface area contributed by atoms with Crippen molar-refractivity contribution in [2.45, 2.75) is 32.2 Å². The summed E-state index contributed by atoms with van der Waals surface area (Å²) in [6, 6.07) is 6.43. The Bertz CT molecular complexity index is 629. The first-order chi connectivity index (χ1) is 11.5. The number of amides is 4. The second-order valence-electron chi connectivity index (χ2n) is 5.66. The molecule has 1 aliphatic rings. The predicted octanol–water partition coefficient (Wildman–Crippen LogP) is 1.38. The lowest BCUT2D eigenvalue weighted by Crippen LogP contribution is -2.44. The van der Waals surface area contributed by atoms with Gasteiger partial charge < -0.3 is 15.4 Å². The average Bonchev–Trinajstić information content (AvgIpc) is 2.85. The molecule has 1 fully saturated rings. The minimum Gasteiger partial charge on any atom is -0.497 e. The van der Waals surface area contributed by atoms with Crippen molar-refractivity contribution in [2.75, 3.05) is 20.2 Å². The van der Waals surface area contributed by atoms with Crippen molar-refractivity contribution in [2.24, 2.45) is 0 Å². The highest BCUT2D eigenvalue weighted by Crippen LogP contribution is 2.33.